The Hall–Kier alpha value is -0.220. The summed E-state index contributed by atoms with van der Waals surface area (Å²) in [6, 6.07) is 0.716. The Morgan fingerprint density at radius 1 is 1.47 bits per heavy atom. The molecule has 1 heterocycles. The van der Waals surface area contributed by atoms with Crippen molar-refractivity contribution in [2.75, 3.05) is 18.1 Å². The Morgan fingerprint density at radius 3 is 2.88 bits per heavy atom. The van der Waals surface area contributed by atoms with Gasteiger partial charge in [-0.25, -0.2) is 0 Å². The Balaban J connectivity index is 2.30. The number of amides is 1. The maximum absolute atomic E-state index is 12.1. The predicted octanol–water partition coefficient (Wildman–Crippen LogP) is 2.25. The Morgan fingerprint density at radius 2 is 2.24 bits per heavy atom. The van der Waals surface area contributed by atoms with Gasteiger partial charge >= 0.3 is 0 Å². The summed E-state index contributed by atoms with van der Waals surface area (Å²) >= 11 is 1.68. The maximum Gasteiger partial charge on any atom is 0.232 e. The van der Waals surface area contributed by atoms with Crippen molar-refractivity contribution in [2.24, 2.45) is 5.73 Å². The van der Waals surface area contributed by atoms with Crippen LogP contribution in [0.15, 0.2) is 0 Å². The van der Waals surface area contributed by atoms with Crippen LogP contribution in [0.4, 0.5) is 0 Å². The van der Waals surface area contributed by atoms with E-state index in [2.05, 4.69) is 18.7 Å². The average Bonchev–Trinajstić information content (AvgIpc) is 2.38. The molecular formula is C13H26N2OS. The zero-order valence-electron chi connectivity index (χ0n) is 11.2. The van der Waals surface area contributed by atoms with Crippen LogP contribution in [0, 0.1) is 0 Å². The van der Waals surface area contributed by atoms with Gasteiger partial charge in [-0.1, -0.05) is 13.8 Å². The molecule has 0 bridgehead atoms. The highest BCUT2D eigenvalue weighted by atomic mass is 32.2. The molecular weight excluding hydrogens is 232 g/mol. The number of carbonyl (C=O) groups is 1. The highest BCUT2D eigenvalue weighted by Crippen LogP contribution is 2.20. The normalized spacial score (nSPS) is 22.5. The molecule has 2 N–H and O–H groups in total. The van der Waals surface area contributed by atoms with E-state index >= 15 is 0 Å². The van der Waals surface area contributed by atoms with E-state index in [-0.39, 0.29) is 6.04 Å². The zero-order chi connectivity index (χ0) is 12.7. The topological polar surface area (TPSA) is 46.3 Å². The number of nitrogens with zero attached hydrogens (tertiary/aromatic N) is 1. The molecule has 0 saturated carbocycles. The van der Waals surface area contributed by atoms with Crippen molar-refractivity contribution in [1.82, 2.24) is 4.90 Å². The van der Waals surface area contributed by atoms with Crippen LogP contribution in [-0.4, -0.2) is 40.9 Å². The number of hydrogen-bond acceptors (Lipinski definition) is 3. The first-order valence-corrected chi connectivity index (χ1v) is 7.97. The molecule has 1 aliphatic rings. The van der Waals surface area contributed by atoms with Gasteiger partial charge in [0.25, 0.3) is 0 Å². The van der Waals surface area contributed by atoms with Gasteiger partial charge in [0.15, 0.2) is 0 Å². The van der Waals surface area contributed by atoms with Crippen molar-refractivity contribution in [3.8, 4) is 0 Å². The van der Waals surface area contributed by atoms with E-state index in [0.29, 0.717) is 17.7 Å². The zero-order valence-corrected chi connectivity index (χ0v) is 12.0. The summed E-state index contributed by atoms with van der Waals surface area (Å²) in [4.78, 5) is 14.2. The first kappa shape index (κ1) is 14.8. The molecule has 1 aliphatic heterocycles. The highest BCUT2D eigenvalue weighted by molar-refractivity contribution is 7.99. The van der Waals surface area contributed by atoms with Crippen LogP contribution in [-0.2, 0) is 4.79 Å². The number of hydrogen-bond donors (Lipinski definition) is 1. The second-order valence-electron chi connectivity index (χ2n) is 4.83. The van der Waals surface area contributed by atoms with Crippen molar-refractivity contribution in [3.63, 3.8) is 0 Å². The lowest BCUT2D eigenvalue weighted by Crippen LogP contribution is -2.44. The van der Waals surface area contributed by atoms with Crippen LogP contribution in [0.5, 0.6) is 0 Å². The van der Waals surface area contributed by atoms with Crippen molar-refractivity contribution in [3.05, 3.63) is 0 Å². The molecule has 3 nitrogen and oxygen atoms in total. The largest absolute Gasteiger partial charge is 0.339 e. The summed E-state index contributed by atoms with van der Waals surface area (Å²) in [7, 11) is 0. The lowest BCUT2D eigenvalue weighted by Gasteiger charge is -2.35. The standard InChI is InChI=1S/C13H26N2OS/c1-3-11(14)9-17-10-13(16)15-8-6-5-7-12(15)4-2/h11-12H,3-10,14H2,1-2H3. The average molecular weight is 258 g/mol. The summed E-state index contributed by atoms with van der Waals surface area (Å²) in [5.74, 6) is 1.81. The van der Waals surface area contributed by atoms with Gasteiger partial charge in [0, 0.05) is 24.4 Å². The highest BCUT2D eigenvalue weighted by Gasteiger charge is 2.24. The fraction of sp³-hybridized carbons (Fsp3) is 0.923. The molecule has 17 heavy (non-hydrogen) atoms. The first-order valence-electron chi connectivity index (χ1n) is 6.81. The van der Waals surface area contributed by atoms with E-state index in [0.717, 1.165) is 25.1 Å². The van der Waals surface area contributed by atoms with Crippen LogP contribution >= 0.6 is 11.8 Å². The molecule has 0 radical (unpaired) electrons. The summed E-state index contributed by atoms with van der Waals surface area (Å²) in [5, 5.41) is 0. The molecule has 4 heteroatoms. The molecule has 0 aliphatic carbocycles. The number of nitrogens with two attached hydrogens (primary N) is 1. The predicted molar refractivity (Wildman–Crippen MR) is 75.2 cm³/mol. The van der Waals surface area contributed by atoms with E-state index < -0.39 is 0 Å². The van der Waals surface area contributed by atoms with Crippen LogP contribution in [0.3, 0.4) is 0 Å². The van der Waals surface area contributed by atoms with Gasteiger partial charge in [-0.15, -0.1) is 0 Å². The first-order chi connectivity index (χ1) is 8.19. The summed E-state index contributed by atoms with van der Waals surface area (Å²) in [6.07, 6.45) is 5.70. The number of likely N-dealkylation sites (tertiary alicyclic amines) is 1. The number of rotatable bonds is 6. The minimum absolute atomic E-state index is 0.233. The fourth-order valence-electron chi connectivity index (χ4n) is 2.25. The molecule has 0 aromatic heterocycles. The third-order valence-corrected chi connectivity index (χ3v) is 4.62. The van der Waals surface area contributed by atoms with Crippen LogP contribution in [0.1, 0.15) is 46.0 Å². The summed E-state index contributed by atoms with van der Waals surface area (Å²) in [6.45, 7) is 5.22. The Kier molecular flexibility index (Phi) is 6.97. The van der Waals surface area contributed by atoms with E-state index in [1.54, 1.807) is 11.8 Å². The number of carbonyl (C=O) groups excluding carboxylic acids is 1. The Labute approximate surface area is 109 Å². The van der Waals surface area contributed by atoms with E-state index in [9.17, 15) is 4.79 Å². The molecule has 100 valence electrons. The molecule has 1 amide bonds. The minimum Gasteiger partial charge on any atom is -0.339 e. The van der Waals surface area contributed by atoms with Crippen molar-refractivity contribution < 1.29 is 4.79 Å². The van der Waals surface area contributed by atoms with Gasteiger partial charge in [0.1, 0.15) is 0 Å². The third kappa shape index (κ3) is 4.88. The smallest absolute Gasteiger partial charge is 0.232 e. The van der Waals surface area contributed by atoms with Crippen LogP contribution in [0.25, 0.3) is 0 Å². The molecule has 1 fully saturated rings. The molecule has 2 atom stereocenters. The minimum atomic E-state index is 0.233. The van der Waals surface area contributed by atoms with E-state index in [4.69, 9.17) is 5.73 Å². The van der Waals surface area contributed by atoms with Crippen molar-refractivity contribution in [1.29, 1.82) is 0 Å². The lowest BCUT2D eigenvalue weighted by molar-refractivity contribution is -0.132. The van der Waals surface area contributed by atoms with Crippen LogP contribution < -0.4 is 5.73 Å². The molecule has 0 spiro atoms. The van der Waals surface area contributed by atoms with Gasteiger partial charge in [0.05, 0.1) is 5.75 Å². The SMILES string of the molecule is CCC(N)CSCC(=O)N1CCCCC1CC. The van der Waals surface area contributed by atoms with E-state index in [1.807, 2.05) is 0 Å². The molecule has 0 aromatic rings. The van der Waals surface area contributed by atoms with Crippen molar-refractivity contribution >= 4 is 17.7 Å². The van der Waals surface area contributed by atoms with Crippen molar-refractivity contribution in [2.45, 2.75) is 58.0 Å². The van der Waals surface area contributed by atoms with Gasteiger partial charge in [0.2, 0.25) is 5.91 Å². The van der Waals surface area contributed by atoms with E-state index in [1.165, 1.54) is 19.3 Å². The molecule has 2 unspecified atom stereocenters. The maximum atomic E-state index is 12.1. The molecule has 0 aromatic carbocycles. The lowest BCUT2D eigenvalue weighted by atomic mass is 10.0. The summed E-state index contributed by atoms with van der Waals surface area (Å²) < 4.78 is 0. The van der Waals surface area contributed by atoms with Gasteiger partial charge < -0.3 is 10.6 Å². The van der Waals surface area contributed by atoms with Crippen LogP contribution in [0.2, 0.25) is 0 Å². The second-order valence-corrected chi connectivity index (χ2v) is 5.86. The van der Waals surface area contributed by atoms with Gasteiger partial charge in [-0.3, -0.25) is 4.79 Å². The van der Waals surface area contributed by atoms with Gasteiger partial charge in [-0.2, -0.15) is 11.8 Å². The fourth-order valence-corrected chi connectivity index (χ4v) is 3.25. The third-order valence-electron chi connectivity index (χ3n) is 3.50. The number of piperidine rings is 1. The quantitative estimate of drug-likeness (QED) is 0.795. The monoisotopic (exact) mass is 258 g/mol. The molecule has 1 rings (SSSR count). The van der Waals surface area contributed by atoms with Gasteiger partial charge in [-0.05, 0) is 32.1 Å². The summed E-state index contributed by atoms with van der Waals surface area (Å²) in [5.41, 5.74) is 5.85. The Bertz CT molecular complexity index is 235. The number of thioether (sulfide) groups is 1. The molecule has 1 saturated heterocycles. The second kappa shape index (κ2) is 7.98.